The van der Waals surface area contributed by atoms with Gasteiger partial charge in [0, 0.05) is 45.9 Å². The Kier molecular flexibility index (Phi) is 9.12. The number of carboxylic acids is 1. The molecule has 37 heavy (non-hydrogen) atoms. The van der Waals surface area contributed by atoms with Crippen molar-refractivity contribution in [2.75, 3.05) is 12.9 Å². The number of carbonyl (C=O) groups is 1. The number of hydrogen-bond acceptors (Lipinski definition) is 6. The zero-order valence-corrected chi connectivity index (χ0v) is 23.1. The molecule has 2 atom stereocenters. The number of hydrogen-bond donors (Lipinski definition) is 3. The summed E-state index contributed by atoms with van der Waals surface area (Å²) in [5.74, 6) is 1.69. The minimum atomic E-state index is -3.43. The molecular weight excluding hydrogens is 556 g/mol. The van der Waals surface area contributed by atoms with Gasteiger partial charge in [0.1, 0.15) is 11.8 Å². The van der Waals surface area contributed by atoms with Crippen LogP contribution >= 0.6 is 30.3 Å². The van der Waals surface area contributed by atoms with Gasteiger partial charge in [0.25, 0.3) is 0 Å². The molecule has 7 nitrogen and oxygen atoms in total. The lowest BCUT2D eigenvalue weighted by Gasteiger charge is -2.16. The molecule has 0 aromatic heterocycles. The van der Waals surface area contributed by atoms with Gasteiger partial charge in [-0.2, -0.15) is 0 Å². The summed E-state index contributed by atoms with van der Waals surface area (Å²) in [5, 5.41) is 23.1. The Morgan fingerprint density at radius 1 is 1.08 bits per heavy atom. The number of rotatable bonds is 8. The molecule has 0 saturated heterocycles. The molecule has 1 unspecified atom stereocenters. The number of halogens is 2. The molecule has 3 aromatic rings. The Balaban J connectivity index is 1.77. The molecule has 3 N–H and O–H groups in total. The molecule has 0 aliphatic heterocycles. The van der Waals surface area contributed by atoms with Crippen molar-refractivity contribution in [2.24, 2.45) is 0 Å². The average molecular weight is 580 g/mol. The maximum Gasteiger partial charge on any atom is 0.321 e. The smallest absolute Gasteiger partial charge is 0.321 e. The molecular formula is C26H24Cl2NO6PS. The molecule has 0 radical (unpaired) electrons. The van der Waals surface area contributed by atoms with E-state index in [1.807, 2.05) is 0 Å². The lowest BCUT2D eigenvalue weighted by atomic mass is 10.1. The van der Waals surface area contributed by atoms with Crippen molar-refractivity contribution in [3.63, 3.8) is 0 Å². The van der Waals surface area contributed by atoms with E-state index in [0.29, 0.717) is 22.0 Å². The van der Waals surface area contributed by atoms with Gasteiger partial charge in [0.2, 0.25) is 0 Å². The van der Waals surface area contributed by atoms with Crippen molar-refractivity contribution in [3.05, 3.63) is 87.4 Å². The van der Waals surface area contributed by atoms with E-state index < -0.39 is 29.0 Å². The Morgan fingerprint density at radius 2 is 1.73 bits per heavy atom. The zero-order valence-electron chi connectivity index (χ0n) is 19.9. The first-order valence-corrected chi connectivity index (χ1v) is 15.7. The van der Waals surface area contributed by atoms with Crippen LogP contribution in [0.4, 0.5) is 0 Å². The molecule has 3 rings (SSSR count). The van der Waals surface area contributed by atoms with Crippen LogP contribution in [0.25, 0.3) is 0 Å². The number of carboxylic acid groups (broad SMARTS) is 1. The normalized spacial score (nSPS) is 13.7. The Morgan fingerprint density at radius 3 is 2.32 bits per heavy atom. The van der Waals surface area contributed by atoms with E-state index in [1.54, 1.807) is 36.4 Å². The second kappa shape index (κ2) is 11.7. The fourth-order valence-electron chi connectivity index (χ4n) is 3.45. The van der Waals surface area contributed by atoms with Gasteiger partial charge in [-0.1, -0.05) is 53.4 Å². The van der Waals surface area contributed by atoms with E-state index in [4.69, 9.17) is 23.2 Å². The molecule has 0 bridgehead atoms. The minimum absolute atomic E-state index is 0.00733. The SMILES string of the molecule is CP(=O)(C#Cc1cc(Cl)c(CN[C@@H](Cc2cccc(S(C)(=O)=O)c2)C(=O)O)c(Cl)c1)c1cccc(O)c1. The summed E-state index contributed by atoms with van der Waals surface area (Å²) in [6.07, 6.45) is 1.13. The summed E-state index contributed by atoms with van der Waals surface area (Å²) >= 11 is 12.8. The average Bonchev–Trinajstić information content (AvgIpc) is 2.81. The first-order chi connectivity index (χ1) is 17.3. The molecule has 0 amide bonds. The van der Waals surface area contributed by atoms with Gasteiger partial charge in [-0.3, -0.25) is 10.1 Å². The van der Waals surface area contributed by atoms with Crippen LogP contribution in [-0.4, -0.2) is 43.6 Å². The van der Waals surface area contributed by atoms with Gasteiger partial charge in [-0.15, -0.1) is 0 Å². The lowest BCUT2D eigenvalue weighted by Crippen LogP contribution is -2.38. The Labute approximate surface area is 225 Å². The highest BCUT2D eigenvalue weighted by atomic mass is 35.5. The molecule has 194 valence electrons. The van der Waals surface area contributed by atoms with Crippen molar-refractivity contribution < 1.29 is 28.0 Å². The van der Waals surface area contributed by atoms with Gasteiger partial charge in [0.15, 0.2) is 17.0 Å². The summed E-state index contributed by atoms with van der Waals surface area (Å²) in [4.78, 5) is 11.9. The summed E-state index contributed by atoms with van der Waals surface area (Å²) in [5.41, 5.74) is 4.16. The molecule has 0 fully saturated rings. The molecule has 0 aliphatic carbocycles. The van der Waals surface area contributed by atoms with E-state index >= 15 is 0 Å². The van der Waals surface area contributed by atoms with Gasteiger partial charge in [-0.05, 0) is 54.0 Å². The van der Waals surface area contributed by atoms with Gasteiger partial charge >= 0.3 is 5.97 Å². The molecule has 0 aliphatic rings. The second-order valence-corrected chi connectivity index (χ2v) is 13.9. The van der Waals surface area contributed by atoms with E-state index in [9.17, 15) is 28.0 Å². The largest absolute Gasteiger partial charge is 0.508 e. The molecule has 0 saturated carbocycles. The van der Waals surface area contributed by atoms with E-state index in [0.717, 1.165) is 6.26 Å². The zero-order chi connectivity index (χ0) is 27.4. The van der Waals surface area contributed by atoms with Gasteiger partial charge < -0.3 is 14.8 Å². The van der Waals surface area contributed by atoms with Gasteiger partial charge in [0.05, 0.1) is 4.90 Å². The minimum Gasteiger partial charge on any atom is -0.508 e. The monoisotopic (exact) mass is 579 g/mol. The highest BCUT2D eigenvalue weighted by molar-refractivity contribution is 7.90. The Bertz CT molecular complexity index is 1540. The third kappa shape index (κ3) is 7.85. The van der Waals surface area contributed by atoms with Crippen LogP contribution in [0.1, 0.15) is 16.7 Å². The van der Waals surface area contributed by atoms with Crippen LogP contribution in [0.3, 0.4) is 0 Å². The van der Waals surface area contributed by atoms with Crippen molar-refractivity contribution in [3.8, 4) is 17.3 Å². The quantitative estimate of drug-likeness (QED) is 0.265. The van der Waals surface area contributed by atoms with Gasteiger partial charge in [-0.25, -0.2) is 8.42 Å². The van der Waals surface area contributed by atoms with Crippen molar-refractivity contribution >= 4 is 51.5 Å². The standard InChI is InChI=1S/C26H24Cl2NO6PS/c1-36(33,20-7-4-6-19(30)15-20)10-9-18-12-23(27)22(24(28)13-18)16-29-25(26(31)32)14-17-5-3-8-21(11-17)37(2,34)35/h3-8,11-13,15,25,29-30H,14,16H2,1-2H3,(H,31,32)/t25-,36?/m0/s1. The van der Waals surface area contributed by atoms with Crippen LogP contribution in [0.2, 0.25) is 10.0 Å². The summed E-state index contributed by atoms with van der Waals surface area (Å²) in [6, 6.07) is 14.3. The van der Waals surface area contributed by atoms with Crippen LogP contribution in [0, 0.1) is 11.6 Å². The topological polar surface area (TPSA) is 121 Å². The second-order valence-electron chi connectivity index (χ2n) is 8.49. The Hall–Kier alpha value is -2.79. The molecule has 0 spiro atoms. The number of aliphatic carboxylic acids is 1. The van der Waals surface area contributed by atoms with E-state index in [1.165, 1.54) is 30.9 Å². The lowest BCUT2D eigenvalue weighted by molar-refractivity contribution is -0.139. The third-order valence-corrected chi connectivity index (χ3v) is 9.05. The number of phenols is 1. The van der Waals surface area contributed by atoms with E-state index in [-0.39, 0.29) is 33.7 Å². The highest BCUT2D eigenvalue weighted by Gasteiger charge is 2.20. The summed E-state index contributed by atoms with van der Waals surface area (Å²) in [7, 11) is -6.51. The van der Waals surface area contributed by atoms with Crippen molar-refractivity contribution in [1.29, 1.82) is 0 Å². The molecule has 3 aromatic carbocycles. The number of phenolic OH excluding ortho intramolecular Hbond substituents is 1. The predicted molar refractivity (Wildman–Crippen MR) is 146 cm³/mol. The maximum absolute atomic E-state index is 13.0. The van der Waals surface area contributed by atoms with Crippen LogP contribution < -0.4 is 10.6 Å². The van der Waals surface area contributed by atoms with Crippen LogP contribution in [-0.2, 0) is 32.2 Å². The summed E-state index contributed by atoms with van der Waals surface area (Å²) in [6.45, 7) is 1.53. The number of aromatic hydroxyl groups is 1. The van der Waals surface area contributed by atoms with Crippen molar-refractivity contribution in [1.82, 2.24) is 5.32 Å². The molecule has 0 heterocycles. The fraction of sp³-hybridized carbons (Fsp3) is 0.192. The molecule has 11 heteroatoms. The fourth-order valence-corrected chi connectivity index (χ4v) is 5.98. The van der Waals surface area contributed by atoms with Crippen LogP contribution in [0.15, 0.2) is 65.6 Å². The predicted octanol–water partition coefficient (Wildman–Crippen LogP) is 4.52. The number of benzene rings is 3. The first-order valence-electron chi connectivity index (χ1n) is 10.9. The van der Waals surface area contributed by atoms with E-state index in [2.05, 4.69) is 16.9 Å². The van der Waals surface area contributed by atoms with Crippen molar-refractivity contribution in [2.45, 2.75) is 23.9 Å². The first kappa shape index (κ1) is 28.8. The maximum atomic E-state index is 13.0. The summed E-state index contributed by atoms with van der Waals surface area (Å²) < 4.78 is 36.6. The highest BCUT2D eigenvalue weighted by Crippen LogP contribution is 2.39. The van der Waals surface area contributed by atoms with Crippen LogP contribution in [0.5, 0.6) is 5.75 Å². The third-order valence-electron chi connectivity index (χ3n) is 5.47. The number of nitrogens with one attached hydrogen (secondary N) is 1. The number of sulfone groups is 1.